The van der Waals surface area contributed by atoms with Crippen molar-refractivity contribution >= 4 is 5.82 Å². The van der Waals surface area contributed by atoms with Crippen molar-refractivity contribution in [2.75, 3.05) is 45.5 Å². The minimum atomic E-state index is 0.593. The van der Waals surface area contributed by atoms with Gasteiger partial charge in [0.25, 0.3) is 0 Å². The summed E-state index contributed by atoms with van der Waals surface area (Å²) in [6.07, 6.45) is 2.04. The van der Waals surface area contributed by atoms with Crippen LogP contribution >= 0.6 is 0 Å². The molecule has 1 aliphatic rings. The maximum atomic E-state index is 5.84. The number of anilines is 1. The molecule has 2 rings (SSSR count). The monoisotopic (exact) mass is 252 g/mol. The second-order valence-corrected chi connectivity index (χ2v) is 5.04. The zero-order valence-corrected chi connectivity index (χ0v) is 11.5. The van der Waals surface area contributed by atoms with Crippen LogP contribution in [0.1, 0.15) is 19.0 Å². The number of piperazine rings is 1. The predicted octanol–water partition coefficient (Wildman–Crippen LogP) is 0.0602. The highest BCUT2D eigenvalue weighted by atomic mass is 15.4. The second-order valence-electron chi connectivity index (χ2n) is 5.04. The molecule has 0 atom stereocenters. The Morgan fingerprint density at radius 1 is 1.17 bits per heavy atom. The number of rotatable bonds is 5. The Bertz CT molecular complexity index is 367. The number of aromatic nitrogens is 3. The molecule has 1 aromatic heterocycles. The average molecular weight is 252 g/mol. The number of nitrogens with two attached hydrogens (primary N) is 1. The first-order chi connectivity index (χ1) is 8.70. The van der Waals surface area contributed by atoms with E-state index in [4.69, 9.17) is 5.73 Å². The minimum absolute atomic E-state index is 0.593. The first kappa shape index (κ1) is 13.3. The van der Waals surface area contributed by atoms with E-state index in [0.29, 0.717) is 5.82 Å². The number of likely N-dealkylation sites (N-methyl/N-ethyl adjacent to an activating group) is 1. The largest absolute Gasteiger partial charge is 0.381 e. The summed E-state index contributed by atoms with van der Waals surface area (Å²) in [6, 6.07) is 0. The van der Waals surface area contributed by atoms with Gasteiger partial charge in [0.15, 0.2) is 5.82 Å². The lowest BCUT2D eigenvalue weighted by atomic mass is 10.2. The van der Waals surface area contributed by atoms with E-state index in [9.17, 15) is 0 Å². The Labute approximate surface area is 109 Å². The number of nitrogens with zero attached hydrogens (tertiary/aromatic N) is 5. The van der Waals surface area contributed by atoms with Gasteiger partial charge in [-0.3, -0.25) is 4.90 Å². The van der Waals surface area contributed by atoms with Crippen LogP contribution in [0.5, 0.6) is 0 Å². The van der Waals surface area contributed by atoms with Gasteiger partial charge in [0, 0.05) is 32.7 Å². The fourth-order valence-electron chi connectivity index (χ4n) is 2.33. The topological polar surface area (TPSA) is 63.2 Å². The lowest BCUT2D eigenvalue weighted by molar-refractivity contribution is 0.148. The van der Waals surface area contributed by atoms with Crippen LogP contribution in [-0.4, -0.2) is 64.6 Å². The van der Waals surface area contributed by atoms with Gasteiger partial charge in [-0.15, -0.1) is 5.10 Å². The Kier molecular flexibility index (Phi) is 4.54. The lowest BCUT2D eigenvalue weighted by Gasteiger charge is -2.32. The molecule has 0 amide bonds. The predicted molar refractivity (Wildman–Crippen MR) is 72.4 cm³/mol. The molecule has 0 saturated carbocycles. The standard InChI is InChI=1S/C12H24N6/c1-3-4-11-12(13)14-15-18(11)10-9-17-7-5-16(2)6-8-17/h3-10,13H2,1-2H3. The van der Waals surface area contributed by atoms with Crippen molar-refractivity contribution in [2.24, 2.45) is 0 Å². The maximum absolute atomic E-state index is 5.84. The zero-order valence-electron chi connectivity index (χ0n) is 11.5. The Balaban J connectivity index is 1.86. The molecular formula is C12H24N6. The van der Waals surface area contributed by atoms with E-state index < -0.39 is 0 Å². The number of hydrogen-bond donors (Lipinski definition) is 1. The molecule has 0 bridgehead atoms. The molecule has 0 spiro atoms. The third-order valence-corrected chi connectivity index (χ3v) is 3.58. The van der Waals surface area contributed by atoms with Gasteiger partial charge >= 0.3 is 0 Å². The third-order valence-electron chi connectivity index (χ3n) is 3.58. The van der Waals surface area contributed by atoms with Crippen molar-refractivity contribution in [3.8, 4) is 0 Å². The van der Waals surface area contributed by atoms with Crippen molar-refractivity contribution in [3.05, 3.63) is 5.69 Å². The van der Waals surface area contributed by atoms with Crippen LogP contribution in [0.4, 0.5) is 5.82 Å². The fraction of sp³-hybridized carbons (Fsp3) is 0.833. The summed E-state index contributed by atoms with van der Waals surface area (Å²) in [5, 5.41) is 8.11. The minimum Gasteiger partial charge on any atom is -0.381 e. The van der Waals surface area contributed by atoms with E-state index in [-0.39, 0.29) is 0 Å². The van der Waals surface area contributed by atoms with Crippen molar-refractivity contribution in [1.82, 2.24) is 24.8 Å². The summed E-state index contributed by atoms with van der Waals surface area (Å²) in [5.41, 5.74) is 6.93. The molecular weight excluding hydrogens is 228 g/mol. The molecule has 0 radical (unpaired) electrons. The summed E-state index contributed by atoms with van der Waals surface area (Å²) in [6.45, 7) is 8.67. The second kappa shape index (κ2) is 6.15. The van der Waals surface area contributed by atoms with Crippen molar-refractivity contribution in [2.45, 2.75) is 26.3 Å². The number of hydrogen-bond acceptors (Lipinski definition) is 5. The van der Waals surface area contributed by atoms with Gasteiger partial charge in [-0.25, -0.2) is 4.68 Å². The van der Waals surface area contributed by atoms with Gasteiger partial charge < -0.3 is 10.6 Å². The Morgan fingerprint density at radius 3 is 2.56 bits per heavy atom. The molecule has 102 valence electrons. The molecule has 0 aliphatic carbocycles. The van der Waals surface area contributed by atoms with Crippen molar-refractivity contribution in [1.29, 1.82) is 0 Å². The van der Waals surface area contributed by atoms with Crippen LogP contribution in [0.2, 0.25) is 0 Å². The molecule has 1 fully saturated rings. The van der Waals surface area contributed by atoms with Crippen LogP contribution in [-0.2, 0) is 13.0 Å². The molecule has 1 saturated heterocycles. The van der Waals surface area contributed by atoms with E-state index >= 15 is 0 Å². The Morgan fingerprint density at radius 2 is 1.89 bits per heavy atom. The molecule has 2 heterocycles. The molecule has 1 aromatic rings. The van der Waals surface area contributed by atoms with Crippen LogP contribution in [0.25, 0.3) is 0 Å². The lowest BCUT2D eigenvalue weighted by Crippen LogP contribution is -2.45. The molecule has 0 unspecified atom stereocenters. The highest BCUT2D eigenvalue weighted by Crippen LogP contribution is 2.10. The summed E-state index contributed by atoms with van der Waals surface area (Å²) >= 11 is 0. The van der Waals surface area contributed by atoms with E-state index in [1.54, 1.807) is 0 Å². The molecule has 6 nitrogen and oxygen atoms in total. The van der Waals surface area contributed by atoms with E-state index in [0.717, 1.165) is 57.8 Å². The summed E-state index contributed by atoms with van der Waals surface area (Å²) in [5.74, 6) is 0.593. The highest BCUT2D eigenvalue weighted by Gasteiger charge is 2.15. The quantitative estimate of drug-likeness (QED) is 0.803. The Hall–Kier alpha value is -1.14. The summed E-state index contributed by atoms with van der Waals surface area (Å²) in [4.78, 5) is 4.85. The smallest absolute Gasteiger partial charge is 0.169 e. The SMILES string of the molecule is CCCc1c(N)nnn1CCN1CCN(C)CC1. The van der Waals surface area contributed by atoms with Crippen LogP contribution in [0, 0.1) is 0 Å². The first-order valence-electron chi connectivity index (χ1n) is 6.79. The first-order valence-corrected chi connectivity index (χ1v) is 6.79. The average Bonchev–Trinajstić information content (AvgIpc) is 2.71. The van der Waals surface area contributed by atoms with E-state index in [1.165, 1.54) is 0 Å². The highest BCUT2D eigenvalue weighted by molar-refractivity contribution is 5.32. The summed E-state index contributed by atoms with van der Waals surface area (Å²) < 4.78 is 1.97. The molecule has 0 aromatic carbocycles. The molecule has 6 heteroatoms. The van der Waals surface area contributed by atoms with Gasteiger partial charge in [0.05, 0.1) is 12.2 Å². The van der Waals surface area contributed by atoms with Gasteiger partial charge in [0.2, 0.25) is 0 Å². The molecule has 1 aliphatic heterocycles. The van der Waals surface area contributed by atoms with Crippen LogP contribution < -0.4 is 5.73 Å². The van der Waals surface area contributed by atoms with E-state index in [2.05, 4.69) is 34.1 Å². The van der Waals surface area contributed by atoms with Crippen LogP contribution in [0.3, 0.4) is 0 Å². The maximum Gasteiger partial charge on any atom is 0.169 e. The zero-order chi connectivity index (χ0) is 13.0. The van der Waals surface area contributed by atoms with Gasteiger partial charge in [-0.1, -0.05) is 18.6 Å². The van der Waals surface area contributed by atoms with Crippen molar-refractivity contribution in [3.63, 3.8) is 0 Å². The van der Waals surface area contributed by atoms with Gasteiger partial charge in [0.1, 0.15) is 0 Å². The molecule has 2 N–H and O–H groups in total. The fourth-order valence-corrected chi connectivity index (χ4v) is 2.33. The van der Waals surface area contributed by atoms with E-state index in [1.807, 2.05) is 4.68 Å². The van der Waals surface area contributed by atoms with Crippen molar-refractivity contribution < 1.29 is 0 Å². The van der Waals surface area contributed by atoms with Gasteiger partial charge in [-0.2, -0.15) is 0 Å². The normalized spacial score (nSPS) is 18.3. The van der Waals surface area contributed by atoms with Crippen LogP contribution in [0.15, 0.2) is 0 Å². The summed E-state index contributed by atoms with van der Waals surface area (Å²) in [7, 11) is 2.18. The number of nitrogen functional groups attached to an aromatic ring is 1. The van der Waals surface area contributed by atoms with Gasteiger partial charge in [-0.05, 0) is 13.5 Å². The third kappa shape index (κ3) is 3.20. The molecule has 18 heavy (non-hydrogen) atoms.